The van der Waals surface area contributed by atoms with Crippen molar-refractivity contribution in [3.63, 3.8) is 0 Å². The fraction of sp³-hybridized carbons (Fsp3) is 0.562. The maximum atomic E-state index is 12.0. The number of hydrogen-bond acceptors (Lipinski definition) is 3. The summed E-state index contributed by atoms with van der Waals surface area (Å²) in [6, 6.07) is 7.87. The van der Waals surface area contributed by atoms with E-state index in [0.29, 0.717) is 6.54 Å². The molecule has 0 heterocycles. The molecule has 1 rings (SSSR count). The van der Waals surface area contributed by atoms with E-state index < -0.39 is 5.60 Å². The number of nitrogens with one attached hydrogen (secondary N) is 1. The van der Waals surface area contributed by atoms with Crippen LogP contribution >= 0.6 is 0 Å². The Hall–Kier alpha value is -1.39. The highest BCUT2D eigenvalue weighted by molar-refractivity contribution is 5.92. The second-order valence-corrected chi connectivity index (χ2v) is 5.72. The minimum atomic E-state index is -0.793. The Morgan fingerprint density at radius 3 is 2.60 bits per heavy atom. The summed E-state index contributed by atoms with van der Waals surface area (Å²) in [5.41, 5.74) is 1.23. The van der Waals surface area contributed by atoms with E-state index in [2.05, 4.69) is 12.2 Å². The molecule has 0 bridgehead atoms. The predicted octanol–water partition coefficient (Wildman–Crippen LogP) is 2.28. The number of carbonyl (C=O) groups excluding carboxylic acids is 1. The third-order valence-electron chi connectivity index (χ3n) is 3.04. The molecule has 0 radical (unpaired) electrons. The SMILES string of the molecule is CCc1cccc(NC(=O)CN(CC)CC(C)(C)O)c1. The second-order valence-electron chi connectivity index (χ2n) is 5.72. The molecule has 0 aromatic heterocycles. The first-order valence-electron chi connectivity index (χ1n) is 7.17. The standard InChI is InChI=1S/C16H26N2O2/c1-5-13-8-7-9-14(10-13)17-15(19)11-18(6-2)12-16(3,4)20/h7-10,20H,5-6,11-12H2,1-4H3,(H,17,19). The van der Waals surface area contributed by atoms with Gasteiger partial charge in [-0.2, -0.15) is 0 Å². The van der Waals surface area contributed by atoms with Crippen molar-refractivity contribution < 1.29 is 9.90 Å². The third-order valence-corrected chi connectivity index (χ3v) is 3.04. The molecule has 4 heteroatoms. The molecular weight excluding hydrogens is 252 g/mol. The molecule has 0 unspecified atom stereocenters. The van der Waals surface area contributed by atoms with Crippen molar-refractivity contribution in [3.8, 4) is 0 Å². The molecule has 0 aliphatic heterocycles. The van der Waals surface area contributed by atoms with Crippen LogP contribution in [0.4, 0.5) is 5.69 Å². The smallest absolute Gasteiger partial charge is 0.238 e. The van der Waals surface area contributed by atoms with Crippen molar-refractivity contribution in [1.82, 2.24) is 4.90 Å². The van der Waals surface area contributed by atoms with Gasteiger partial charge >= 0.3 is 0 Å². The lowest BCUT2D eigenvalue weighted by Gasteiger charge is -2.27. The Labute approximate surface area is 121 Å². The number of hydrogen-bond donors (Lipinski definition) is 2. The first-order chi connectivity index (χ1) is 9.34. The summed E-state index contributed by atoms with van der Waals surface area (Å²) in [7, 11) is 0. The Morgan fingerprint density at radius 2 is 2.05 bits per heavy atom. The molecule has 0 aliphatic rings. The summed E-state index contributed by atoms with van der Waals surface area (Å²) in [5, 5.41) is 12.7. The lowest BCUT2D eigenvalue weighted by atomic mass is 10.1. The first kappa shape index (κ1) is 16.7. The Bertz CT molecular complexity index is 438. The van der Waals surface area contributed by atoms with Gasteiger partial charge in [0.1, 0.15) is 0 Å². The molecule has 0 atom stereocenters. The Kier molecular flexibility index (Phi) is 6.17. The van der Waals surface area contributed by atoms with Crippen LogP contribution in [0.1, 0.15) is 33.3 Å². The Morgan fingerprint density at radius 1 is 1.35 bits per heavy atom. The third kappa shape index (κ3) is 6.17. The van der Waals surface area contributed by atoms with E-state index in [-0.39, 0.29) is 12.5 Å². The quantitative estimate of drug-likeness (QED) is 0.804. The molecule has 0 spiro atoms. The van der Waals surface area contributed by atoms with Gasteiger partial charge in [0.05, 0.1) is 12.1 Å². The molecule has 112 valence electrons. The van der Waals surface area contributed by atoms with Crippen LogP contribution in [0.5, 0.6) is 0 Å². The molecule has 2 N–H and O–H groups in total. The maximum Gasteiger partial charge on any atom is 0.238 e. The van der Waals surface area contributed by atoms with Crippen LogP contribution in [0.2, 0.25) is 0 Å². The Balaban J connectivity index is 2.57. The molecule has 0 aliphatic carbocycles. The van der Waals surface area contributed by atoms with E-state index in [4.69, 9.17) is 0 Å². The maximum absolute atomic E-state index is 12.0. The summed E-state index contributed by atoms with van der Waals surface area (Å²) in [6.45, 7) is 9.06. The van der Waals surface area contributed by atoms with E-state index in [0.717, 1.165) is 18.7 Å². The van der Waals surface area contributed by atoms with Crippen molar-refractivity contribution in [2.24, 2.45) is 0 Å². The number of amides is 1. The highest BCUT2D eigenvalue weighted by Gasteiger charge is 2.19. The normalized spacial score (nSPS) is 11.7. The number of likely N-dealkylation sites (N-methyl/N-ethyl adjacent to an activating group) is 1. The zero-order valence-corrected chi connectivity index (χ0v) is 12.9. The summed E-state index contributed by atoms with van der Waals surface area (Å²) in [6.07, 6.45) is 0.948. The fourth-order valence-electron chi connectivity index (χ4n) is 2.10. The molecular formula is C16H26N2O2. The van der Waals surface area contributed by atoms with Crippen molar-refractivity contribution in [1.29, 1.82) is 0 Å². The minimum absolute atomic E-state index is 0.0515. The number of aliphatic hydroxyl groups is 1. The molecule has 0 saturated carbocycles. The van der Waals surface area contributed by atoms with Crippen LogP contribution in [0.25, 0.3) is 0 Å². The lowest BCUT2D eigenvalue weighted by Crippen LogP contribution is -2.42. The highest BCUT2D eigenvalue weighted by Crippen LogP contribution is 2.11. The molecule has 1 aromatic carbocycles. The van der Waals surface area contributed by atoms with Gasteiger partial charge in [-0.25, -0.2) is 0 Å². The molecule has 1 aromatic rings. The van der Waals surface area contributed by atoms with Crippen molar-refractivity contribution >= 4 is 11.6 Å². The molecule has 0 fully saturated rings. The number of rotatable bonds is 7. The largest absolute Gasteiger partial charge is 0.389 e. The molecule has 0 saturated heterocycles. The molecule has 4 nitrogen and oxygen atoms in total. The van der Waals surface area contributed by atoms with Crippen LogP contribution in [0.15, 0.2) is 24.3 Å². The van der Waals surface area contributed by atoms with Crippen LogP contribution in [-0.2, 0) is 11.2 Å². The van der Waals surface area contributed by atoms with Crippen LogP contribution < -0.4 is 5.32 Å². The molecule has 20 heavy (non-hydrogen) atoms. The zero-order chi connectivity index (χ0) is 15.2. The van der Waals surface area contributed by atoms with Crippen LogP contribution in [0.3, 0.4) is 0 Å². The average molecular weight is 278 g/mol. The van der Waals surface area contributed by atoms with Gasteiger partial charge in [0, 0.05) is 12.2 Å². The number of aryl methyl sites for hydroxylation is 1. The number of benzene rings is 1. The second kappa shape index (κ2) is 7.41. The van der Waals surface area contributed by atoms with E-state index in [1.165, 1.54) is 5.56 Å². The van der Waals surface area contributed by atoms with E-state index in [1.807, 2.05) is 36.1 Å². The number of carbonyl (C=O) groups is 1. The van der Waals surface area contributed by atoms with Gasteiger partial charge in [-0.05, 0) is 44.5 Å². The van der Waals surface area contributed by atoms with E-state index in [1.54, 1.807) is 13.8 Å². The van der Waals surface area contributed by atoms with E-state index >= 15 is 0 Å². The van der Waals surface area contributed by atoms with Gasteiger partial charge in [-0.1, -0.05) is 26.0 Å². The topological polar surface area (TPSA) is 52.6 Å². The predicted molar refractivity (Wildman–Crippen MR) is 82.9 cm³/mol. The van der Waals surface area contributed by atoms with Gasteiger partial charge < -0.3 is 10.4 Å². The lowest BCUT2D eigenvalue weighted by molar-refractivity contribution is -0.117. The van der Waals surface area contributed by atoms with Gasteiger partial charge in [-0.3, -0.25) is 9.69 Å². The monoisotopic (exact) mass is 278 g/mol. The number of nitrogens with zero attached hydrogens (tertiary/aromatic N) is 1. The highest BCUT2D eigenvalue weighted by atomic mass is 16.3. The summed E-state index contributed by atoms with van der Waals surface area (Å²) in [4.78, 5) is 14.0. The minimum Gasteiger partial charge on any atom is -0.389 e. The fourth-order valence-corrected chi connectivity index (χ4v) is 2.10. The summed E-state index contributed by atoms with van der Waals surface area (Å²) in [5.74, 6) is -0.0515. The van der Waals surface area contributed by atoms with Crippen molar-refractivity contribution in [2.45, 2.75) is 39.7 Å². The van der Waals surface area contributed by atoms with Gasteiger partial charge in [0.25, 0.3) is 0 Å². The average Bonchev–Trinajstić information content (AvgIpc) is 2.36. The molecule has 1 amide bonds. The van der Waals surface area contributed by atoms with E-state index in [9.17, 15) is 9.90 Å². The van der Waals surface area contributed by atoms with Gasteiger partial charge in [0.2, 0.25) is 5.91 Å². The van der Waals surface area contributed by atoms with Gasteiger partial charge in [-0.15, -0.1) is 0 Å². The van der Waals surface area contributed by atoms with Crippen molar-refractivity contribution in [3.05, 3.63) is 29.8 Å². The van der Waals surface area contributed by atoms with Gasteiger partial charge in [0.15, 0.2) is 0 Å². The number of anilines is 1. The van der Waals surface area contributed by atoms with Crippen LogP contribution in [-0.4, -0.2) is 41.1 Å². The zero-order valence-electron chi connectivity index (χ0n) is 12.9. The van der Waals surface area contributed by atoms with Crippen molar-refractivity contribution in [2.75, 3.05) is 25.0 Å². The summed E-state index contributed by atoms with van der Waals surface area (Å²) < 4.78 is 0. The first-order valence-corrected chi connectivity index (χ1v) is 7.17. The summed E-state index contributed by atoms with van der Waals surface area (Å²) >= 11 is 0. The van der Waals surface area contributed by atoms with Crippen LogP contribution in [0, 0.1) is 0 Å².